The van der Waals surface area contributed by atoms with Crippen LogP contribution in [0.3, 0.4) is 0 Å². The number of imide groups is 1. The highest BCUT2D eigenvalue weighted by molar-refractivity contribution is 9.11. The summed E-state index contributed by atoms with van der Waals surface area (Å²) >= 11 is 6.54. The molecular formula is C18H8Br2N2O4. The summed E-state index contributed by atoms with van der Waals surface area (Å²) in [5, 5.41) is 12.3. The molecule has 0 bridgehead atoms. The molecule has 1 heterocycles. The molecule has 0 aliphatic carbocycles. The van der Waals surface area contributed by atoms with Gasteiger partial charge in [0, 0.05) is 26.9 Å². The molecule has 0 N–H and O–H groups in total. The normalized spacial score (nSPS) is 13.4. The molecule has 0 spiro atoms. The number of carbonyl (C=O) groups is 2. The lowest BCUT2D eigenvalue weighted by atomic mass is 9.93. The summed E-state index contributed by atoms with van der Waals surface area (Å²) in [6.07, 6.45) is 0. The lowest BCUT2D eigenvalue weighted by Gasteiger charge is -2.27. The zero-order valence-electron chi connectivity index (χ0n) is 12.9. The molecule has 1 aliphatic heterocycles. The van der Waals surface area contributed by atoms with E-state index in [1.54, 1.807) is 42.5 Å². The lowest BCUT2D eigenvalue weighted by molar-refractivity contribution is -0.385. The molecule has 6 nitrogen and oxygen atoms in total. The van der Waals surface area contributed by atoms with Crippen LogP contribution in [0.1, 0.15) is 20.7 Å². The van der Waals surface area contributed by atoms with Crippen LogP contribution < -0.4 is 4.90 Å². The minimum atomic E-state index is -0.586. The van der Waals surface area contributed by atoms with Crippen molar-refractivity contribution in [1.29, 1.82) is 0 Å². The van der Waals surface area contributed by atoms with Crippen LogP contribution in [-0.2, 0) is 0 Å². The summed E-state index contributed by atoms with van der Waals surface area (Å²) in [4.78, 5) is 37.9. The van der Waals surface area contributed by atoms with Gasteiger partial charge in [0.15, 0.2) is 0 Å². The van der Waals surface area contributed by atoms with Gasteiger partial charge in [-0.1, -0.05) is 28.1 Å². The first kappa shape index (κ1) is 16.9. The highest BCUT2D eigenvalue weighted by Crippen LogP contribution is 2.40. The minimum Gasteiger partial charge on any atom is -0.268 e. The number of hydrogen-bond donors (Lipinski definition) is 0. The number of carbonyl (C=O) groups excluding carboxylic acids is 2. The molecule has 128 valence electrons. The molecule has 8 heteroatoms. The first-order valence-corrected chi connectivity index (χ1v) is 9.02. The second kappa shape index (κ2) is 6.00. The zero-order chi connectivity index (χ0) is 18.6. The fourth-order valence-electron chi connectivity index (χ4n) is 3.07. The van der Waals surface area contributed by atoms with E-state index in [0.717, 1.165) is 9.37 Å². The third-order valence-electron chi connectivity index (χ3n) is 4.22. The van der Waals surface area contributed by atoms with Crippen LogP contribution in [0.2, 0.25) is 0 Å². The molecule has 3 aromatic rings. The van der Waals surface area contributed by atoms with Gasteiger partial charge in [0.05, 0.1) is 16.2 Å². The number of amides is 2. The molecule has 0 saturated heterocycles. The van der Waals surface area contributed by atoms with Crippen molar-refractivity contribution >= 4 is 65.8 Å². The molecule has 0 atom stereocenters. The average molecular weight is 476 g/mol. The Labute approximate surface area is 163 Å². The Morgan fingerprint density at radius 2 is 1.58 bits per heavy atom. The van der Waals surface area contributed by atoms with Gasteiger partial charge in [0.25, 0.3) is 17.5 Å². The van der Waals surface area contributed by atoms with Crippen molar-refractivity contribution in [2.24, 2.45) is 0 Å². The van der Waals surface area contributed by atoms with E-state index in [9.17, 15) is 19.7 Å². The Kier molecular flexibility index (Phi) is 3.89. The monoisotopic (exact) mass is 474 g/mol. The van der Waals surface area contributed by atoms with Gasteiger partial charge in [-0.25, -0.2) is 4.90 Å². The fourth-order valence-corrected chi connectivity index (χ4v) is 3.93. The molecule has 4 rings (SSSR count). The maximum atomic E-state index is 13.0. The van der Waals surface area contributed by atoms with E-state index in [1.807, 2.05) is 0 Å². The largest absolute Gasteiger partial charge is 0.284 e. The number of rotatable bonds is 2. The van der Waals surface area contributed by atoms with Crippen LogP contribution in [0.5, 0.6) is 0 Å². The van der Waals surface area contributed by atoms with Gasteiger partial charge < -0.3 is 0 Å². The van der Waals surface area contributed by atoms with E-state index in [0.29, 0.717) is 22.0 Å². The summed E-state index contributed by atoms with van der Waals surface area (Å²) in [6.45, 7) is 0. The predicted octanol–water partition coefficient (Wildman–Crippen LogP) is 5.07. The fraction of sp³-hybridized carbons (Fsp3) is 0. The van der Waals surface area contributed by atoms with Crippen LogP contribution in [0.25, 0.3) is 10.8 Å². The van der Waals surface area contributed by atoms with Crippen molar-refractivity contribution in [2.75, 3.05) is 4.90 Å². The van der Waals surface area contributed by atoms with Gasteiger partial charge in [0.2, 0.25) is 0 Å². The Bertz CT molecular complexity index is 1130. The van der Waals surface area contributed by atoms with Crippen molar-refractivity contribution in [2.45, 2.75) is 0 Å². The van der Waals surface area contributed by atoms with E-state index in [1.165, 1.54) is 6.07 Å². The molecule has 0 unspecified atom stereocenters. The molecule has 0 saturated carbocycles. The Hall–Kier alpha value is -2.58. The minimum absolute atomic E-state index is 0.132. The van der Waals surface area contributed by atoms with Crippen LogP contribution >= 0.6 is 31.9 Å². The lowest BCUT2D eigenvalue weighted by Crippen LogP contribution is -2.40. The smallest absolute Gasteiger partial charge is 0.268 e. The maximum Gasteiger partial charge on any atom is 0.284 e. The summed E-state index contributed by atoms with van der Waals surface area (Å²) in [7, 11) is 0. The van der Waals surface area contributed by atoms with Gasteiger partial charge in [-0.05, 0) is 46.3 Å². The molecule has 1 aliphatic rings. The van der Waals surface area contributed by atoms with Crippen molar-refractivity contribution < 1.29 is 14.5 Å². The van der Waals surface area contributed by atoms with E-state index in [2.05, 4.69) is 31.9 Å². The topological polar surface area (TPSA) is 80.5 Å². The Morgan fingerprint density at radius 1 is 0.923 bits per heavy atom. The second-order valence-electron chi connectivity index (χ2n) is 5.66. The number of hydrogen-bond acceptors (Lipinski definition) is 4. The quantitative estimate of drug-likeness (QED) is 0.294. The molecule has 3 aromatic carbocycles. The van der Waals surface area contributed by atoms with Gasteiger partial charge in [-0.3, -0.25) is 19.7 Å². The van der Waals surface area contributed by atoms with Gasteiger partial charge in [0.1, 0.15) is 4.47 Å². The summed E-state index contributed by atoms with van der Waals surface area (Å²) in [5.74, 6) is -1.05. The van der Waals surface area contributed by atoms with E-state index in [-0.39, 0.29) is 15.7 Å². The van der Waals surface area contributed by atoms with Crippen molar-refractivity contribution in [3.05, 3.63) is 78.7 Å². The SMILES string of the molecule is O=C1c2cccc3c(Br)c([N+](=O)[O-])cc(c23)C(=O)N1c1ccc(Br)cc1. The molecule has 0 fully saturated rings. The third kappa shape index (κ3) is 2.37. The molecule has 0 aromatic heterocycles. The predicted molar refractivity (Wildman–Crippen MR) is 104 cm³/mol. The average Bonchev–Trinajstić information content (AvgIpc) is 2.62. The van der Waals surface area contributed by atoms with Crippen LogP contribution in [0.4, 0.5) is 11.4 Å². The van der Waals surface area contributed by atoms with E-state index in [4.69, 9.17) is 0 Å². The first-order valence-electron chi connectivity index (χ1n) is 7.44. The molecule has 0 radical (unpaired) electrons. The number of anilines is 1. The zero-order valence-corrected chi connectivity index (χ0v) is 16.1. The van der Waals surface area contributed by atoms with E-state index < -0.39 is 16.7 Å². The molecular weight excluding hydrogens is 468 g/mol. The highest BCUT2D eigenvalue weighted by atomic mass is 79.9. The number of nitro groups is 1. The first-order chi connectivity index (χ1) is 12.4. The highest BCUT2D eigenvalue weighted by Gasteiger charge is 2.36. The van der Waals surface area contributed by atoms with E-state index >= 15 is 0 Å². The van der Waals surface area contributed by atoms with Crippen molar-refractivity contribution in [3.63, 3.8) is 0 Å². The van der Waals surface area contributed by atoms with Gasteiger partial charge in [-0.15, -0.1) is 0 Å². The Morgan fingerprint density at radius 3 is 2.23 bits per heavy atom. The number of nitro benzene ring substituents is 1. The third-order valence-corrected chi connectivity index (χ3v) is 5.59. The van der Waals surface area contributed by atoms with Gasteiger partial charge >= 0.3 is 0 Å². The van der Waals surface area contributed by atoms with Gasteiger partial charge in [-0.2, -0.15) is 0 Å². The summed E-state index contributed by atoms with van der Waals surface area (Å²) in [6, 6.07) is 12.8. The summed E-state index contributed by atoms with van der Waals surface area (Å²) in [5.41, 5.74) is 0.642. The summed E-state index contributed by atoms with van der Waals surface area (Å²) < 4.78 is 1.06. The van der Waals surface area contributed by atoms with Crippen LogP contribution in [0.15, 0.2) is 57.5 Å². The number of halogens is 2. The second-order valence-corrected chi connectivity index (χ2v) is 7.37. The maximum absolute atomic E-state index is 13.0. The molecule has 26 heavy (non-hydrogen) atoms. The van der Waals surface area contributed by atoms with Crippen LogP contribution in [0, 0.1) is 10.1 Å². The number of nitrogens with zero attached hydrogens (tertiary/aromatic N) is 2. The van der Waals surface area contributed by atoms with Crippen molar-refractivity contribution in [1.82, 2.24) is 0 Å². The van der Waals surface area contributed by atoms with Crippen LogP contribution in [-0.4, -0.2) is 16.7 Å². The standard InChI is InChI=1S/C18H8Br2N2O4/c19-9-4-6-10(7-5-9)21-17(23)12-3-1-2-11-15(12)13(18(21)24)8-14(16(11)20)22(25)26/h1-8H. The number of benzene rings is 3. The van der Waals surface area contributed by atoms with Crippen molar-refractivity contribution in [3.8, 4) is 0 Å². The Balaban J connectivity index is 2.03. The molecule has 2 amide bonds.